The molecule has 5 nitrogen and oxygen atoms in total. The molecule has 0 saturated carbocycles. The number of nitrogens with zero attached hydrogens (tertiary/aromatic N) is 2. The summed E-state index contributed by atoms with van der Waals surface area (Å²) in [6.45, 7) is 3.97. The second-order valence-corrected chi connectivity index (χ2v) is 7.26. The van der Waals surface area contributed by atoms with Gasteiger partial charge in [0.2, 0.25) is 0 Å². The van der Waals surface area contributed by atoms with Gasteiger partial charge in [0.05, 0.1) is 5.69 Å². The van der Waals surface area contributed by atoms with E-state index in [1.165, 1.54) is 5.56 Å². The summed E-state index contributed by atoms with van der Waals surface area (Å²) in [4.78, 5) is 21.7. The summed E-state index contributed by atoms with van der Waals surface area (Å²) < 4.78 is 0. The first-order valence-electron chi connectivity index (χ1n) is 10.3. The Bertz CT molecular complexity index is 1190. The predicted molar refractivity (Wildman–Crippen MR) is 126 cm³/mol. The topological polar surface area (TPSA) is 66.9 Å². The Morgan fingerprint density at radius 3 is 2.35 bits per heavy atom. The molecule has 4 rings (SSSR count). The fourth-order valence-electron chi connectivity index (χ4n) is 3.30. The summed E-state index contributed by atoms with van der Waals surface area (Å²) in [6, 6.07) is 27.2. The highest BCUT2D eigenvalue weighted by Crippen LogP contribution is 2.23. The summed E-state index contributed by atoms with van der Waals surface area (Å²) in [5.74, 6) is 1.20. The zero-order valence-electron chi connectivity index (χ0n) is 17.6. The Balaban J connectivity index is 1.52. The van der Waals surface area contributed by atoms with Gasteiger partial charge < -0.3 is 10.6 Å². The molecule has 0 aliphatic carbocycles. The van der Waals surface area contributed by atoms with Crippen molar-refractivity contribution >= 4 is 23.1 Å². The number of hydrogen-bond acceptors (Lipinski definition) is 4. The molecule has 0 radical (unpaired) electrons. The molecule has 4 aromatic rings. The zero-order chi connectivity index (χ0) is 21.6. The minimum absolute atomic E-state index is 0.156. The van der Waals surface area contributed by atoms with E-state index in [1.54, 1.807) is 6.07 Å². The highest BCUT2D eigenvalue weighted by atomic mass is 16.1. The van der Waals surface area contributed by atoms with Crippen LogP contribution in [0.15, 0.2) is 84.9 Å². The van der Waals surface area contributed by atoms with Crippen molar-refractivity contribution in [3.8, 4) is 11.3 Å². The van der Waals surface area contributed by atoms with Crippen molar-refractivity contribution in [2.75, 3.05) is 10.6 Å². The molecule has 31 heavy (non-hydrogen) atoms. The number of amides is 1. The van der Waals surface area contributed by atoms with Gasteiger partial charge in [-0.3, -0.25) is 4.79 Å². The number of nitrogens with one attached hydrogen (secondary N) is 2. The molecule has 2 N–H and O–H groups in total. The van der Waals surface area contributed by atoms with E-state index in [1.807, 2.05) is 85.8 Å². The van der Waals surface area contributed by atoms with Crippen LogP contribution in [0.4, 0.5) is 17.2 Å². The third-order valence-corrected chi connectivity index (χ3v) is 4.92. The number of carbonyl (C=O) groups excluding carboxylic acids is 1. The second kappa shape index (κ2) is 9.22. The predicted octanol–water partition coefficient (Wildman–Crippen LogP) is 6.01. The van der Waals surface area contributed by atoms with Crippen molar-refractivity contribution in [1.29, 1.82) is 0 Å². The van der Waals surface area contributed by atoms with E-state index in [9.17, 15) is 4.79 Å². The summed E-state index contributed by atoms with van der Waals surface area (Å²) in [5, 5.41) is 6.25. The van der Waals surface area contributed by atoms with E-state index in [2.05, 4.69) is 27.5 Å². The van der Waals surface area contributed by atoms with E-state index < -0.39 is 0 Å². The van der Waals surface area contributed by atoms with Gasteiger partial charge in [-0.05, 0) is 49.2 Å². The molecule has 0 bridgehead atoms. The smallest absolute Gasteiger partial charge is 0.255 e. The van der Waals surface area contributed by atoms with Crippen molar-refractivity contribution in [1.82, 2.24) is 9.97 Å². The molecule has 1 heterocycles. The molecule has 0 unspecified atom stereocenters. The lowest BCUT2D eigenvalue weighted by Crippen LogP contribution is -2.12. The SMILES string of the molecule is CCc1ccc(NC(=O)c2cccc(Nc3cc(-c4ccccc4)nc(C)n3)c2)cc1. The summed E-state index contributed by atoms with van der Waals surface area (Å²) in [6.07, 6.45) is 0.969. The molecule has 1 aromatic heterocycles. The summed E-state index contributed by atoms with van der Waals surface area (Å²) in [7, 11) is 0. The van der Waals surface area contributed by atoms with E-state index in [4.69, 9.17) is 0 Å². The minimum Gasteiger partial charge on any atom is -0.340 e. The second-order valence-electron chi connectivity index (χ2n) is 7.26. The van der Waals surface area contributed by atoms with Crippen molar-refractivity contribution in [2.24, 2.45) is 0 Å². The van der Waals surface area contributed by atoms with Crippen LogP contribution in [0, 0.1) is 6.92 Å². The Hall–Kier alpha value is -3.99. The number of carbonyl (C=O) groups is 1. The molecule has 0 aliphatic rings. The lowest BCUT2D eigenvalue weighted by Gasteiger charge is -2.11. The number of hydrogen-bond donors (Lipinski definition) is 2. The van der Waals surface area contributed by atoms with Crippen molar-refractivity contribution in [3.63, 3.8) is 0 Å². The van der Waals surface area contributed by atoms with Crippen LogP contribution in [-0.2, 0) is 6.42 Å². The van der Waals surface area contributed by atoms with E-state index in [0.717, 1.165) is 29.1 Å². The number of anilines is 3. The summed E-state index contributed by atoms with van der Waals surface area (Å²) in [5.41, 5.74) is 5.24. The van der Waals surface area contributed by atoms with Crippen LogP contribution in [0.3, 0.4) is 0 Å². The Kier molecular flexibility index (Phi) is 6.03. The first kappa shape index (κ1) is 20.3. The number of aryl methyl sites for hydroxylation is 2. The van der Waals surface area contributed by atoms with Gasteiger partial charge in [-0.25, -0.2) is 9.97 Å². The van der Waals surface area contributed by atoms with E-state index in [-0.39, 0.29) is 5.91 Å². The Morgan fingerprint density at radius 2 is 1.61 bits per heavy atom. The fourth-order valence-corrected chi connectivity index (χ4v) is 3.30. The third-order valence-electron chi connectivity index (χ3n) is 4.92. The van der Waals surface area contributed by atoms with Crippen LogP contribution < -0.4 is 10.6 Å². The van der Waals surface area contributed by atoms with Gasteiger partial charge in [0.25, 0.3) is 5.91 Å². The van der Waals surface area contributed by atoms with Crippen LogP contribution in [0.5, 0.6) is 0 Å². The number of rotatable bonds is 6. The maximum Gasteiger partial charge on any atom is 0.255 e. The first-order valence-corrected chi connectivity index (χ1v) is 10.3. The van der Waals surface area contributed by atoms with Gasteiger partial charge in [-0.1, -0.05) is 55.5 Å². The average molecular weight is 409 g/mol. The molecule has 0 fully saturated rings. The molecule has 5 heteroatoms. The van der Waals surface area contributed by atoms with Crippen molar-refractivity contribution in [2.45, 2.75) is 20.3 Å². The van der Waals surface area contributed by atoms with Crippen LogP contribution in [0.2, 0.25) is 0 Å². The van der Waals surface area contributed by atoms with Gasteiger partial charge in [0.15, 0.2) is 0 Å². The van der Waals surface area contributed by atoms with Gasteiger partial charge in [-0.15, -0.1) is 0 Å². The summed E-state index contributed by atoms with van der Waals surface area (Å²) >= 11 is 0. The monoisotopic (exact) mass is 408 g/mol. The zero-order valence-corrected chi connectivity index (χ0v) is 17.6. The maximum atomic E-state index is 12.7. The van der Waals surface area contributed by atoms with Crippen molar-refractivity contribution < 1.29 is 4.79 Å². The standard InChI is InChI=1S/C26H24N4O/c1-3-19-12-14-22(15-13-19)30-26(31)21-10-7-11-23(16-21)29-25-17-24(27-18(2)28-25)20-8-5-4-6-9-20/h4-17H,3H2,1-2H3,(H,30,31)(H,27,28,29). The van der Waals surface area contributed by atoms with Gasteiger partial charge in [-0.2, -0.15) is 0 Å². The lowest BCUT2D eigenvalue weighted by molar-refractivity contribution is 0.102. The molecule has 1 amide bonds. The Labute approximate surface area is 182 Å². The highest BCUT2D eigenvalue weighted by Gasteiger charge is 2.09. The van der Waals surface area contributed by atoms with Crippen molar-refractivity contribution in [3.05, 3.63) is 102 Å². The number of benzene rings is 3. The fraction of sp³-hybridized carbons (Fsp3) is 0.115. The Morgan fingerprint density at radius 1 is 0.839 bits per heavy atom. The van der Waals surface area contributed by atoms with Crippen LogP contribution in [0.1, 0.15) is 28.7 Å². The number of aromatic nitrogens is 2. The van der Waals surface area contributed by atoms with E-state index in [0.29, 0.717) is 17.2 Å². The van der Waals surface area contributed by atoms with Crippen LogP contribution in [0.25, 0.3) is 11.3 Å². The third kappa shape index (κ3) is 5.14. The largest absolute Gasteiger partial charge is 0.340 e. The molecular formula is C26H24N4O. The van der Waals surface area contributed by atoms with Gasteiger partial charge in [0.1, 0.15) is 11.6 Å². The molecule has 0 saturated heterocycles. The molecule has 0 spiro atoms. The van der Waals surface area contributed by atoms with Crippen LogP contribution >= 0.6 is 0 Å². The average Bonchev–Trinajstić information content (AvgIpc) is 2.80. The van der Waals surface area contributed by atoms with Crippen LogP contribution in [-0.4, -0.2) is 15.9 Å². The maximum absolute atomic E-state index is 12.7. The minimum atomic E-state index is -0.156. The molecule has 0 aliphatic heterocycles. The molecular weight excluding hydrogens is 384 g/mol. The highest BCUT2D eigenvalue weighted by molar-refractivity contribution is 6.04. The first-order chi connectivity index (χ1) is 15.1. The molecule has 154 valence electrons. The normalized spacial score (nSPS) is 10.5. The molecule has 0 atom stereocenters. The van der Waals surface area contributed by atoms with Gasteiger partial charge in [0, 0.05) is 28.6 Å². The van der Waals surface area contributed by atoms with E-state index >= 15 is 0 Å². The molecule has 3 aromatic carbocycles. The van der Waals surface area contributed by atoms with Gasteiger partial charge >= 0.3 is 0 Å². The lowest BCUT2D eigenvalue weighted by atomic mass is 10.1. The quantitative estimate of drug-likeness (QED) is 0.410.